The number of carbonyl (C=O) groups excluding carboxylic acids is 2. The monoisotopic (exact) mass is 580 g/mol. The van der Waals surface area contributed by atoms with Crippen molar-refractivity contribution in [2.75, 3.05) is 26.4 Å². The molecule has 0 aliphatic heterocycles. The molecule has 0 amide bonds. The second-order valence-electron chi connectivity index (χ2n) is 10.5. The molecule has 1 unspecified atom stereocenters. The molecule has 0 aliphatic rings. The second-order valence-corrected chi connectivity index (χ2v) is 10.5. The van der Waals surface area contributed by atoms with Crippen molar-refractivity contribution < 1.29 is 53.0 Å². The molecular formula is C29H56O11. The van der Waals surface area contributed by atoms with Gasteiger partial charge >= 0.3 is 17.9 Å². The summed E-state index contributed by atoms with van der Waals surface area (Å²) in [6.45, 7) is 13.9. The summed E-state index contributed by atoms with van der Waals surface area (Å²) < 4.78 is 41.9. The van der Waals surface area contributed by atoms with Crippen LogP contribution >= 0.6 is 0 Å². The third-order valence-electron chi connectivity index (χ3n) is 5.54. The molecule has 11 heteroatoms. The average molecular weight is 581 g/mol. The van der Waals surface area contributed by atoms with Crippen molar-refractivity contribution >= 4 is 11.9 Å². The second kappa shape index (κ2) is 21.4. The van der Waals surface area contributed by atoms with Crippen LogP contribution in [-0.2, 0) is 42.7 Å². The van der Waals surface area contributed by atoms with Gasteiger partial charge in [-0.3, -0.25) is 0 Å². The zero-order valence-corrected chi connectivity index (χ0v) is 26.1. The highest BCUT2D eigenvalue weighted by Gasteiger charge is 2.61. The van der Waals surface area contributed by atoms with Gasteiger partial charge in [0.25, 0.3) is 5.79 Å². The third-order valence-corrected chi connectivity index (χ3v) is 5.54. The van der Waals surface area contributed by atoms with Crippen LogP contribution in [0.3, 0.4) is 0 Å². The van der Waals surface area contributed by atoms with E-state index in [1.165, 1.54) is 0 Å². The Kier molecular flexibility index (Phi) is 20.7. The fourth-order valence-corrected chi connectivity index (χ4v) is 3.97. The van der Waals surface area contributed by atoms with Crippen LogP contribution in [0.15, 0.2) is 0 Å². The van der Waals surface area contributed by atoms with Gasteiger partial charge in [-0.25, -0.2) is 9.59 Å². The molecule has 11 nitrogen and oxygen atoms in total. The first-order valence-electron chi connectivity index (χ1n) is 14.8. The molecule has 0 aliphatic carbocycles. The van der Waals surface area contributed by atoms with Gasteiger partial charge in [-0.05, 0) is 67.2 Å². The first-order chi connectivity index (χ1) is 18.9. The van der Waals surface area contributed by atoms with Crippen LogP contribution < -0.4 is 0 Å². The number of carbonyl (C=O) groups is 2. The summed E-state index contributed by atoms with van der Waals surface area (Å²) in [5, 5.41) is 18.6. The van der Waals surface area contributed by atoms with Crippen LogP contribution in [0, 0.1) is 0 Å². The maximum Gasteiger partial charge on any atom is 0.387 e. The molecule has 0 spiro atoms. The Labute approximate surface area is 241 Å². The molecule has 0 aromatic rings. The van der Waals surface area contributed by atoms with Crippen molar-refractivity contribution in [1.82, 2.24) is 0 Å². The van der Waals surface area contributed by atoms with E-state index in [1.807, 2.05) is 55.4 Å². The van der Waals surface area contributed by atoms with E-state index in [-0.39, 0.29) is 37.9 Å². The number of esters is 2. The van der Waals surface area contributed by atoms with E-state index in [0.717, 1.165) is 12.8 Å². The molecule has 1 atom stereocenters. The quantitative estimate of drug-likeness (QED) is 0.0890. The SMILES string of the molecule is CCCCOC(OCCCC)(OC(=O)CO)C(CCCCCC(OC(=O)CO)OC(C)C)(OC(C)C)OC(C)C. The molecule has 0 rings (SSSR count). The first kappa shape index (κ1) is 38.7. The molecule has 0 bridgehead atoms. The molecule has 0 radical (unpaired) electrons. The molecule has 238 valence electrons. The lowest BCUT2D eigenvalue weighted by atomic mass is 10.0. The Morgan fingerprint density at radius 1 is 0.700 bits per heavy atom. The maximum atomic E-state index is 12.5. The van der Waals surface area contributed by atoms with Crippen molar-refractivity contribution in [2.45, 2.75) is 150 Å². The van der Waals surface area contributed by atoms with E-state index in [9.17, 15) is 14.7 Å². The molecule has 0 saturated heterocycles. The number of unbranched alkanes of at least 4 members (excludes halogenated alkanes) is 4. The predicted molar refractivity (Wildman–Crippen MR) is 149 cm³/mol. The van der Waals surface area contributed by atoms with Crippen LogP contribution in [0.5, 0.6) is 0 Å². The summed E-state index contributed by atoms with van der Waals surface area (Å²) in [4.78, 5) is 24.1. The van der Waals surface area contributed by atoms with E-state index < -0.39 is 43.2 Å². The lowest BCUT2D eigenvalue weighted by Crippen LogP contribution is -2.65. The molecule has 0 aromatic heterocycles. The summed E-state index contributed by atoms with van der Waals surface area (Å²) in [6.07, 6.45) is 3.91. The van der Waals surface area contributed by atoms with E-state index >= 15 is 0 Å². The van der Waals surface area contributed by atoms with Gasteiger partial charge in [0.1, 0.15) is 13.2 Å². The Balaban J connectivity index is 6.15. The van der Waals surface area contributed by atoms with E-state index in [4.69, 9.17) is 38.3 Å². The summed E-state index contributed by atoms with van der Waals surface area (Å²) >= 11 is 0. The first-order valence-corrected chi connectivity index (χ1v) is 14.8. The molecule has 0 fully saturated rings. The highest BCUT2D eigenvalue weighted by Crippen LogP contribution is 2.41. The smallest absolute Gasteiger partial charge is 0.387 e. The molecule has 2 N–H and O–H groups in total. The number of ether oxygens (including phenoxy) is 7. The number of aliphatic hydroxyl groups excluding tert-OH is 2. The number of hydrogen-bond acceptors (Lipinski definition) is 11. The number of aliphatic hydroxyl groups is 2. The van der Waals surface area contributed by atoms with Gasteiger partial charge in [0.2, 0.25) is 6.29 Å². The number of hydrogen-bond donors (Lipinski definition) is 2. The van der Waals surface area contributed by atoms with Gasteiger partial charge in [-0.2, -0.15) is 0 Å². The van der Waals surface area contributed by atoms with Crippen LogP contribution in [0.1, 0.15) is 113 Å². The van der Waals surface area contributed by atoms with Gasteiger partial charge in [-0.15, -0.1) is 0 Å². The summed E-state index contributed by atoms with van der Waals surface area (Å²) in [5.74, 6) is -5.36. The highest BCUT2D eigenvalue weighted by atomic mass is 16.9. The van der Waals surface area contributed by atoms with Gasteiger partial charge in [0.15, 0.2) is 0 Å². The summed E-state index contributed by atoms with van der Waals surface area (Å²) in [7, 11) is 0. The van der Waals surface area contributed by atoms with E-state index in [0.29, 0.717) is 38.5 Å². The summed E-state index contributed by atoms with van der Waals surface area (Å²) in [5.41, 5.74) is 0. The van der Waals surface area contributed by atoms with Crippen molar-refractivity contribution in [3.8, 4) is 0 Å². The van der Waals surface area contributed by atoms with Crippen LogP contribution in [-0.4, -0.2) is 84.9 Å². The van der Waals surface area contributed by atoms with Crippen molar-refractivity contribution in [3.05, 3.63) is 0 Å². The largest absolute Gasteiger partial charge is 0.434 e. The van der Waals surface area contributed by atoms with E-state index in [2.05, 4.69) is 0 Å². The maximum absolute atomic E-state index is 12.5. The Morgan fingerprint density at radius 3 is 1.65 bits per heavy atom. The van der Waals surface area contributed by atoms with Gasteiger partial charge in [0.05, 0.1) is 31.5 Å². The topological polar surface area (TPSA) is 139 Å². The fraction of sp³-hybridized carbons (Fsp3) is 0.931. The molecule has 0 heterocycles. The Hall–Kier alpha value is -1.34. The molecule has 40 heavy (non-hydrogen) atoms. The van der Waals surface area contributed by atoms with Gasteiger partial charge in [0, 0.05) is 12.8 Å². The molecule has 0 aromatic carbocycles. The minimum atomic E-state index is -2.05. The van der Waals surface area contributed by atoms with Crippen molar-refractivity contribution in [2.24, 2.45) is 0 Å². The zero-order chi connectivity index (χ0) is 30.6. The third kappa shape index (κ3) is 15.0. The Bertz CT molecular complexity index is 646. The fourth-order valence-electron chi connectivity index (χ4n) is 3.97. The molecule has 0 saturated carbocycles. The predicted octanol–water partition coefficient (Wildman–Crippen LogP) is 4.59. The van der Waals surface area contributed by atoms with E-state index in [1.54, 1.807) is 0 Å². The lowest BCUT2D eigenvalue weighted by molar-refractivity contribution is -0.495. The van der Waals surface area contributed by atoms with Crippen LogP contribution in [0.4, 0.5) is 0 Å². The van der Waals surface area contributed by atoms with Gasteiger partial charge < -0.3 is 43.4 Å². The zero-order valence-electron chi connectivity index (χ0n) is 26.1. The Morgan fingerprint density at radius 2 is 1.23 bits per heavy atom. The number of rotatable bonds is 25. The normalized spacial score (nSPS) is 13.3. The lowest BCUT2D eigenvalue weighted by Gasteiger charge is -2.48. The van der Waals surface area contributed by atoms with Crippen molar-refractivity contribution in [1.29, 1.82) is 0 Å². The molecular weight excluding hydrogens is 524 g/mol. The van der Waals surface area contributed by atoms with Crippen LogP contribution in [0.2, 0.25) is 0 Å². The van der Waals surface area contributed by atoms with Crippen LogP contribution in [0.25, 0.3) is 0 Å². The van der Waals surface area contributed by atoms with Crippen molar-refractivity contribution in [3.63, 3.8) is 0 Å². The minimum Gasteiger partial charge on any atom is -0.434 e. The van der Waals surface area contributed by atoms with Gasteiger partial charge in [-0.1, -0.05) is 33.1 Å². The minimum absolute atomic E-state index is 0.162. The highest BCUT2D eigenvalue weighted by molar-refractivity contribution is 5.71. The average Bonchev–Trinajstić information content (AvgIpc) is 2.86. The summed E-state index contributed by atoms with van der Waals surface area (Å²) in [6, 6.07) is 0. The standard InChI is InChI=1S/C29H56O11/c1-9-11-18-34-29(35-19-12-10-2,40-26(33)21-31)28(38-23(5)6,39-24(7)8)17-15-13-14-16-27(36-22(3)4)37-25(32)20-30/h22-24,27,30-31H,9-21H2,1-8H3.